The van der Waals surface area contributed by atoms with Crippen molar-refractivity contribution in [1.29, 1.82) is 0 Å². The summed E-state index contributed by atoms with van der Waals surface area (Å²) in [6.07, 6.45) is 0.965. The number of benzene rings is 3. The van der Waals surface area contributed by atoms with Crippen molar-refractivity contribution >= 4 is 55.0 Å². The maximum Gasteiger partial charge on any atom is 0.251 e. The van der Waals surface area contributed by atoms with E-state index < -0.39 is 12.1 Å². The maximum absolute atomic E-state index is 13.5. The lowest BCUT2D eigenvalue weighted by Crippen LogP contribution is -2.48. The van der Waals surface area contributed by atoms with E-state index in [0.717, 1.165) is 32.2 Å². The van der Waals surface area contributed by atoms with Crippen LogP contribution >= 0.6 is 31.9 Å². The lowest BCUT2D eigenvalue weighted by molar-refractivity contribution is -0.117. The van der Waals surface area contributed by atoms with E-state index in [1.54, 1.807) is 17.0 Å². The van der Waals surface area contributed by atoms with Gasteiger partial charge in [0.25, 0.3) is 5.91 Å². The van der Waals surface area contributed by atoms with Gasteiger partial charge in [0.05, 0.1) is 12.1 Å². The number of aliphatic hydroxyl groups excluding tert-OH is 1. The van der Waals surface area contributed by atoms with Crippen LogP contribution < -0.4 is 20.9 Å². The van der Waals surface area contributed by atoms with Gasteiger partial charge in [-0.05, 0) is 67.3 Å². The Morgan fingerprint density at radius 2 is 1.77 bits per heavy atom. The van der Waals surface area contributed by atoms with E-state index in [1.807, 2.05) is 61.5 Å². The number of carbonyl (C=O) groups is 2. The molecule has 0 saturated carbocycles. The minimum atomic E-state index is -0.832. The summed E-state index contributed by atoms with van der Waals surface area (Å²) in [4.78, 5) is 27.7. The van der Waals surface area contributed by atoms with Crippen molar-refractivity contribution in [3.8, 4) is 0 Å². The molecule has 1 aliphatic rings. The van der Waals surface area contributed by atoms with Crippen molar-refractivity contribution in [3.05, 3.63) is 92.4 Å². The Labute approximate surface area is 246 Å². The molecule has 0 unspecified atom stereocenters. The second-order valence-corrected chi connectivity index (χ2v) is 11.5. The molecule has 0 aromatic heterocycles. The molecular formula is C30H34Br2N4O3. The van der Waals surface area contributed by atoms with E-state index in [4.69, 9.17) is 0 Å². The van der Waals surface area contributed by atoms with Gasteiger partial charge in [-0.2, -0.15) is 0 Å². The number of hydrogen-bond donors (Lipinski definition) is 4. The molecule has 39 heavy (non-hydrogen) atoms. The fourth-order valence-electron chi connectivity index (χ4n) is 4.75. The van der Waals surface area contributed by atoms with Gasteiger partial charge >= 0.3 is 0 Å². The Hall–Kier alpha value is -2.72. The molecule has 206 valence electrons. The van der Waals surface area contributed by atoms with Gasteiger partial charge in [0.2, 0.25) is 5.91 Å². The van der Waals surface area contributed by atoms with Crippen LogP contribution in [0.1, 0.15) is 41.3 Å². The van der Waals surface area contributed by atoms with Crippen molar-refractivity contribution in [1.82, 2.24) is 10.6 Å². The largest absolute Gasteiger partial charge is 0.390 e. The average Bonchev–Trinajstić information content (AvgIpc) is 3.34. The predicted octanol–water partition coefficient (Wildman–Crippen LogP) is 5.26. The van der Waals surface area contributed by atoms with E-state index in [9.17, 15) is 14.7 Å². The Morgan fingerprint density at radius 1 is 1.03 bits per heavy atom. The van der Waals surface area contributed by atoms with Gasteiger partial charge < -0.3 is 26.0 Å². The number of halogens is 2. The van der Waals surface area contributed by atoms with Crippen LogP contribution in [0.3, 0.4) is 0 Å². The first-order chi connectivity index (χ1) is 18.8. The molecule has 0 aliphatic carbocycles. The third-order valence-corrected chi connectivity index (χ3v) is 7.55. The molecule has 1 saturated heterocycles. The zero-order valence-corrected chi connectivity index (χ0v) is 25.1. The quantitative estimate of drug-likeness (QED) is 0.213. The number of nitrogens with zero attached hydrogens (tertiary/aromatic N) is 1. The van der Waals surface area contributed by atoms with Crippen LogP contribution in [0.25, 0.3) is 0 Å². The summed E-state index contributed by atoms with van der Waals surface area (Å²) in [7, 11) is 0. The Balaban J connectivity index is 1.50. The molecule has 1 aliphatic heterocycles. The first-order valence-corrected chi connectivity index (χ1v) is 14.8. The highest BCUT2D eigenvalue weighted by Crippen LogP contribution is 2.27. The highest BCUT2D eigenvalue weighted by molar-refractivity contribution is 9.11. The van der Waals surface area contributed by atoms with Crippen LogP contribution in [0.2, 0.25) is 0 Å². The molecule has 3 aromatic rings. The van der Waals surface area contributed by atoms with Crippen LogP contribution in [0, 0.1) is 0 Å². The van der Waals surface area contributed by atoms with Crippen LogP contribution in [-0.4, -0.2) is 48.7 Å². The number of nitrogens with one attached hydrogen (secondary N) is 3. The van der Waals surface area contributed by atoms with Crippen molar-refractivity contribution in [2.24, 2.45) is 0 Å². The predicted molar refractivity (Wildman–Crippen MR) is 163 cm³/mol. The second-order valence-electron chi connectivity index (χ2n) is 9.69. The summed E-state index contributed by atoms with van der Waals surface area (Å²) in [5.41, 5.74) is 4.02. The third kappa shape index (κ3) is 8.38. The second kappa shape index (κ2) is 14.1. The van der Waals surface area contributed by atoms with Gasteiger partial charge in [0, 0.05) is 58.5 Å². The first-order valence-electron chi connectivity index (χ1n) is 13.2. The van der Waals surface area contributed by atoms with Gasteiger partial charge in [-0.25, -0.2) is 0 Å². The van der Waals surface area contributed by atoms with Gasteiger partial charge in [-0.15, -0.1) is 0 Å². The first kappa shape index (κ1) is 29.3. The van der Waals surface area contributed by atoms with Crippen molar-refractivity contribution in [3.63, 3.8) is 0 Å². The molecule has 1 heterocycles. The molecular weight excluding hydrogens is 624 g/mol. The summed E-state index contributed by atoms with van der Waals surface area (Å²) < 4.78 is 1.94. The van der Waals surface area contributed by atoms with Gasteiger partial charge in [-0.1, -0.05) is 62.2 Å². The van der Waals surface area contributed by atoms with Crippen molar-refractivity contribution in [2.45, 2.75) is 44.9 Å². The SMILES string of the molecule is CCNc1cc(C(=O)N[C@@H](Cc2ccccc2)[C@@H](O)CNCc2cc(Br)cc(Br)c2)cc(N2CCCC2=O)c1. The fourth-order valence-corrected chi connectivity index (χ4v) is 6.14. The monoisotopic (exact) mass is 656 g/mol. The summed E-state index contributed by atoms with van der Waals surface area (Å²) in [6.45, 7) is 4.19. The molecule has 3 aromatic carbocycles. The van der Waals surface area contributed by atoms with E-state index in [-0.39, 0.29) is 11.8 Å². The summed E-state index contributed by atoms with van der Waals surface area (Å²) in [6, 6.07) is 20.8. The van der Waals surface area contributed by atoms with E-state index >= 15 is 0 Å². The number of hydrogen-bond acceptors (Lipinski definition) is 5. The Morgan fingerprint density at radius 3 is 2.44 bits per heavy atom. The zero-order valence-electron chi connectivity index (χ0n) is 21.9. The van der Waals surface area contributed by atoms with E-state index in [1.165, 1.54) is 0 Å². The number of carbonyl (C=O) groups excluding carboxylic acids is 2. The Bertz CT molecular complexity index is 1270. The van der Waals surface area contributed by atoms with Crippen LogP contribution in [0.5, 0.6) is 0 Å². The fraction of sp³-hybridized carbons (Fsp3) is 0.333. The Kier molecular flexibility index (Phi) is 10.6. The zero-order chi connectivity index (χ0) is 27.8. The van der Waals surface area contributed by atoms with Gasteiger partial charge in [-0.3, -0.25) is 9.59 Å². The van der Waals surface area contributed by atoms with E-state index in [0.29, 0.717) is 50.3 Å². The van der Waals surface area contributed by atoms with Crippen molar-refractivity contribution < 1.29 is 14.7 Å². The normalized spacial score (nSPS) is 14.8. The van der Waals surface area contributed by atoms with Gasteiger partial charge in [0.15, 0.2) is 0 Å². The molecule has 4 rings (SSSR count). The lowest BCUT2D eigenvalue weighted by Gasteiger charge is -2.25. The molecule has 0 spiro atoms. The topological polar surface area (TPSA) is 93.7 Å². The molecule has 0 bridgehead atoms. The van der Waals surface area contributed by atoms with Crippen LogP contribution in [-0.2, 0) is 17.8 Å². The number of amides is 2. The smallest absolute Gasteiger partial charge is 0.251 e. The number of rotatable bonds is 12. The summed E-state index contributed by atoms with van der Waals surface area (Å²) in [5, 5.41) is 20.8. The molecule has 4 N–H and O–H groups in total. The molecule has 9 heteroatoms. The summed E-state index contributed by atoms with van der Waals surface area (Å²) >= 11 is 7.01. The standard InChI is InChI=1S/C30H34Br2N4O3/c1-2-34-25-14-22(15-26(17-25)36-10-6-9-29(36)38)30(39)35-27(13-20-7-4-3-5-8-20)28(37)19-33-18-21-11-23(31)16-24(32)12-21/h3-5,7-8,11-12,14-17,27-28,33-34,37H,2,6,9-10,13,18-19H2,1H3,(H,35,39)/t27-,28-/m0/s1. The van der Waals surface area contributed by atoms with Crippen LogP contribution in [0.4, 0.5) is 11.4 Å². The minimum absolute atomic E-state index is 0.0657. The van der Waals surface area contributed by atoms with E-state index in [2.05, 4.69) is 47.8 Å². The summed E-state index contributed by atoms with van der Waals surface area (Å²) in [5.74, 6) is -0.227. The maximum atomic E-state index is 13.5. The molecule has 2 amide bonds. The molecule has 1 fully saturated rings. The third-order valence-electron chi connectivity index (χ3n) is 6.63. The number of anilines is 2. The highest BCUT2D eigenvalue weighted by Gasteiger charge is 2.25. The molecule has 7 nitrogen and oxygen atoms in total. The highest BCUT2D eigenvalue weighted by atomic mass is 79.9. The van der Waals surface area contributed by atoms with Crippen LogP contribution in [0.15, 0.2) is 75.7 Å². The molecule has 0 radical (unpaired) electrons. The van der Waals surface area contributed by atoms with Gasteiger partial charge in [0.1, 0.15) is 0 Å². The minimum Gasteiger partial charge on any atom is -0.390 e. The lowest BCUT2D eigenvalue weighted by atomic mass is 10.00. The molecule has 2 atom stereocenters. The van der Waals surface area contributed by atoms with Crippen molar-refractivity contribution in [2.75, 3.05) is 29.9 Å². The average molecular weight is 658 g/mol. The number of aliphatic hydroxyl groups is 1.